The third-order valence-electron chi connectivity index (χ3n) is 0.757. The van der Waals surface area contributed by atoms with Crippen LogP contribution in [0.25, 0.3) is 0 Å². The van der Waals surface area contributed by atoms with Crippen LogP contribution in [0.4, 0.5) is 0 Å². The van der Waals surface area contributed by atoms with E-state index in [0.29, 0.717) is 0 Å². The first-order valence-corrected chi connectivity index (χ1v) is 3.01. The van der Waals surface area contributed by atoms with Crippen molar-refractivity contribution in [3.8, 4) is 0 Å². The molecule has 0 saturated heterocycles. The van der Waals surface area contributed by atoms with E-state index in [1.807, 2.05) is 39.1 Å². The van der Waals surface area contributed by atoms with Gasteiger partial charge in [-0.25, -0.2) is 0 Å². The van der Waals surface area contributed by atoms with Gasteiger partial charge < -0.3 is 12.4 Å². The van der Waals surface area contributed by atoms with E-state index in [-0.39, 0.29) is 12.4 Å². The highest BCUT2D eigenvalue weighted by molar-refractivity contribution is 5.47. The summed E-state index contributed by atoms with van der Waals surface area (Å²) in [7, 11) is 8.03. The van der Waals surface area contributed by atoms with Gasteiger partial charge in [-0.05, 0) is 14.1 Å². The van der Waals surface area contributed by atoms with Gasteiger partial charge in [-0.1, -0.05) is 0 Å². The average molecular weight is 166 g/mol. The normalized spacial score (nSPS) is 8.50. The molecule has 1 N–H and O–H groups in total. The van der Waals surface area contributed by atoms with E-state index in [4.69, 9.17) is 0 Å². The quantitative estimate of drug-likeness (QED) is 0.202. The maximum Gasteiger partial charge on any atom is 0.232 e. The molecule has 10 heavy (non-hydrogen) atoms. The van der Waals surface area contributed by atoms with Crippen molar-refractivity contribution in [2.24, 2.45) is 0 Å². The molecular weight excluding hydrogens is 150 g/mol. The second kappa shape index (κ2) is 6.83. The van der Waals surface area contributed by atoms with Crippen LogP contribution in [0.3, 0.4) is 0 Å². The first kappa shape index (κ1) is 12.4. The monoisotopic (exact) mass is 165 g/mol. The SMILES string of the molecule is CN(C)CNC=[N+](C)C.[Cl-]. The Bertz CT molecular complexity index is 97.2. The smallest absolute Gasteiger partial charge is 0.232 e. The Labute approximate surface area is 69.1 Å². The van der Waals surface area contributed by atoms with Gasteiger partial charge >= 0.3 is 0 Å². The Morgan fingerprint density at radius 2 is 1.90 bits per heavy atom. The molecule has 0 aromatic rings. The molecule has 0 aliphatic rings. The summed E-state index contributed by atoms with van der Waals surface area (Å²) in [5, 5.41) is 3.11. The summed E-state index contributed by atoms with van der Waals surface area (Å²) >= 11 is 0. The molecule has 0 aromatic heterocycles. The van der Waals surface area contributed by atoms with Crippen molar-refractivity contribution in [1.82, 2.24) is 10.2 Å². The predicted octanol–water partition coefficient (Wildman–Crippen LogP) is -3.60. The molecule has 0 aliphatic carbocycles. The molecule has 0 heterocycles. The van der Waals surface area contributed by atoms with Crippen molar-refractivity contribution < 1.29 is 17.0 Å². The molecule has 3 nitrogen and oxygen atoms in total. The lowest BCUT2D eigenvalue weighted by Crippen LogP contribution is -3.00. The van der Waals surface area contributed by atoms with Gasteiger partial charge in [0.05, 0.1) is 14.1 Å². The molecule has 0 fully saturated rings. The van der Waals surface area contributed by atoms with Crippen LogP contribution in [0, 0.1) is 0 Å². The topological polar surface area (TPSA) is 18.3 Å². The van der Waals surface area contributed by atoms with Gasteiger partial charge in [0, 0.05) is 0 Å². The summed E-state index contributed by atoms with van der Waals surface area (Å²) in [4.78, 5) is 2.07. The third kappa shape index (κ3) is 10.7. The van der Waals surface area contributed by atoms with Crippen molar-refractivity contribution in [2.75, 3.05) is 34.9 Å². The van der Waals surface area contributed by atoms with E-state index < -0.39 is 0 Å². The zero-order valence-electron chi connectivity index (χ0n) is 7.06. The van der Waals surface area contributed by atoms with E-state index in [9.17, 15) is 0 Å². The number of hydrogen-bond donors (Lipinski definition) is 1. The summed E-state index contributed by atoms with van der Waals surface area (Å²) in [6.45, 7) is 0.887. The molecular formula is C6H16ClN3. The standard InChI is InChI=1S/C6H15N3.ClH/c1-8(2)5-7-6-9(3)4;/h5H,6H2,1-4H3;1H. The number of nitrogens with zero attached hydrogens (tertiary/aromatic N) is 2. The lowest BCUT2D eigenvalue weighted by atomic mass is 10.8. The van der Waals surface area contributed by atoms with E-state index in [1.54, 1.807) is 0 Å². The first-order valence-electron chi connectivity index (χ1n) is 3.01. The number of nitrogens with one attached hydrogen (secondary N) is 1. The van der Waals surface area contributed by atoms with Gasteiger partial charge in [0.15, 0.2) is 0 Å². The van der Waals surface area contributed by atoms with Gasteiger partial charge in [0.2, 0.25) is 6.34 Å². The van der Waals surface area contributed by atoms with Crippen molar-refractivity contribution in [3.63, 3.8) is 0 Å². The molecule has 0 rings (SSSR count). The second-order valence-electron chi connectivity index (χ2n) is 2.53. The van der Waals surface area contributed by atoms with Crippen LogP contribution in [0.5, 0.6) is 0 Å². The molecule has 4 heteroatoms. The van der Waals surface area contributed by atoms with Crippen molar-refractivity contribution in [1.29, 1.82) is 0 Å². The molecule has 0 aliphatic heterocycles. The fourth-order valence-corrected chi connectivity index (χ4v) is 0.406. The maximum absolute atomic E-state index is 3.11. The Hall–Kier alpha value is -0.280. The second-order valence-corrected chi connectivity index (χ2v) is 2.53. The fraction of sp³-hybridized carbons (Fsp3) is 0.833. The highest BCUT2D eigenvalue weighted by Crippen LogP contribution is 1.62. The lowest BCUT2D eigenvalue weighted by Gasteiger charge is -2.03. The Balaban J connectivity index is 0. The summed E-state index contributed by atoms with van der Waals surface area (Å²) in [5.41, 5.74) is 0. The summed E-state index contributed by atoms with van der Waals surface area (Å²) in [5.74, 6) is 0. The van der Waals surface area contributed by atoms with Gasteiger partial charge in [-0.15, -0.1) is 0 Å². The van der Waals surface area contributed by atoms with Crippen LogP contribution < -0.4 is 17.7 Å². The molecule has 62 valence electrons. The van der Waals surface area contributed by atoms with Gasteiger partial charge in [-0.3, -0.25) is 14.8 Å². The summed E-state index contributed by atoms with van der Waals surface area (Å²) in [6, 6.07) is 0. The first-order chi connectivity index (χ1) is 4.13. The zero-order chi connectivity index (χ0) is 7.28. The van der Waals surface area contributed by atoms with E-state index in [2.05, 4.69) is 10.2 Å². The third-order valence-corrected chi connectivity index (χ3v) is 0.757. The van der Waals surface area contributed by atoms with Crippen LogP contribution in [0.1, 0.15) is 0 Å². The fourth-order valence-electron chi connectivity index (χ4n) is 0.406. The Kier molecular flexibility index (Phi) is 8.48. The minimum absolute atomic E-state index is 0. The largest absolute Gasteiger partial charge is 1.00 e. The highest BCUT2D eigenvalue weighted by Gasteiger charge is 1.87. The number of hydrogen-bond acceptors (Lipinski definition) is 1. The maximum atomic E-state index is 3.11. The van der Waals surface area contributed by atoms with Crippen LogP contribution in [-0.4, -0.2) is 50.7 Å². The van der Waals surface area contributed by atoms with E-state index >= 15 is 0 Å². The van der Waals surface area contributed by atoms with Crippen molar-refractivity contribution >= 4 is 6.34 Å². The molecule has 0 unspecified atom stereocenters. The van der Waals surface area contributed by atoms with Crippen LogP contribution in [-0.2, 0) is 0 Å². The van der Waals surface area contributed by atoms with E-state index in [1.165, 1.54) is 0 Å². The van der Waals surface area contributed by atoms with Gasteiger partial charge in [0.1, 0.15) is 6.67 Å². The minimum atomic E-state index is 0. The van der Waals surface area contributed by atoms with Crippen LogP contribution >= 0.6 is 0 Å². The van der Waals surface area contributed by atoms with Crippen molar-refractivity contribution in [3.05, 3.63) is 0 Å². The van der Waals surface area contributed by atoms with Gasteiger partial charge in [0.25, 0.3) is 0 Å². The molecule has 0 radical (unpaired) electrons. The Morgan fingerprint density at radius 1 is 1.40 bits per heavy atom. The molecule has 0 aromatic carbocycles. The number of rotatable bonds is 3. The van der Waals surface area contributed by atoms with Crippen LogP contribution in [0.2, 0.25) is 0 Å². The highest BCUT2D eigenvalue weighted by atomic mass is 35.5. The molecule has 0 saturated carbocycles. The molecule has 0 bridgehead atoms. The van der Waals surface area contributed by atoms with E-state index in [0.717, 1.165) is 6.67 Å². The van der Waals surface area contributed by atoms with Crippen LogP contribution in [0.15, 0.2) is 0 Å². The minimum Gasteiger partial charge on any atom is -1.00 e. The summed E-state index contributed by atoms with van der Waals surface area (Å²) in [6.07, 6.45) is 1.93. The lowest BCUT2D eigenvalue weighted by molar-refractivity contribution is -0.461. The summed E-state index contributed by atoms with van der Waals surface area (Å²) < 4.78 is 1.98. The van der Waals surface area contributed by atoms with Crippen molar-refractivity contribution in [2.45, 2.75) is 0 Å². The molecule has 0 spiro atoms. The Morgan fingerprint density at radius 3 is 2.20 bits per heavy atom. The average Bonchev–Trinajstić information content (AvgIpc) is 1.63. The predicted molar refractivity (Wildman–Crippen MR) is 39.9 cm³/mol. The molecule has 0 atom stereocenters. The number of halogens is 1. The zero-order valence-corrected chi connectivity index (χ0v) is 7.81. The molecule has 0 amide bonds. The van der Waals surface area contributed by atoms with Gasteiger partial charge in [-0.2, -0.15) is 0 Å².